The van der Waals surface area contributed by atoms with Gasteiger partial charge in [0.25, 0.3) is 0 Å². The molecule has 0 saturated heterocycles. The smallest absolute Gasteiger partial charge is 0.235 e. The Labute approximate surface area is 115 Å². The van der Waals surface area contributed by atoms with Gasteiger partial charge in [0.05, 0.1) is 12.0 Å². The Hall–Kier alpha value is -1.35. The Bertz CT molecular complexity index is 490. The summed E-state index contributed by atoms with van der Waals surface area (Å²) in [6.07, 6.45) is 1.60. The average Bonchev–Trinajstić information content (AvgIpc) is 3.18. The molecule has 1 aliphatic carbocycles. The number of hydrogen-bond acceptors (Lipinski definition) is 2. The number of anilines is 1. The number of carbonyl (C=O) groups excluding carboxylic acids is 1. The summed E-state index contributed by atoms with van der Waals surface area (Å²) < 4.78 is 0. The molecule has 19 heavy (non-hydrogen) atoms. The fourth-order valence-corrected chi connectivity index (χ4v) is 2.40. The largest absolute Gasteiger partial charge is 0.395 e. The van der Waals surface area contributed by atoms with Crippen molar-refractivity contribution in [1.82, 2.24) is 0 Å². The van der Waals surface area contributed by atoms with Gasteiger partial charge < -0.3 is 10.0 Å². The average molecular weight is 261 g/mol. The number of carbonyl (C=O) groups is 1. The van der Waals surface area contributed by atoms with Gasteiger partial charge in [0.15, 0.2) is 0 Å². The molecule has 0 bridgehead atoms. The number of benzene rings is 1. The highest BCUT2D eigenvalue weighted by molar-refractivity contribution is 5.99. The second kappa shape index (κ2) is 4.97. The van der Waals surface area contributed by atoms with Gasteiger partial charge in [-0.05, 0) is 42.9 Å². The molecule has 104 valence electrons. The minimum Gasteiger partial charge on any atom is -0.395 e. The van der Waals surface area contributed by atoms with E-state index in [0.717, 1.165) is 24.1 Å². The minimum absolute atomic E-state index is 0.0407. The Morgan fingerprint density at radius 3 is 2.53 bits per heavy atom. The first-order valence-electron chi connectivity index (χ1n) is 6.91. The van der Waals surface area contributed by atoms with E-state index in [9.17, 15) is 9.90 Å². The van der Waals surface area contributed by atoms with Crippen LogP contribution in [-0.2, 0) is 4.79 Å². The minimum atomic E-state index is -0.505. The summed E-state index contributed by atoms with van der Waals surface area (Å²) in [4.78, 5) is 14.2. The zero-order chi connectivity index (χ0) is 14.2. The fourth-order valence-electron chi connectivity index (χ4n) is 2.40. The third kappa shape index (κ3) is 2.52. The number of hydrogen-bond donors (Lipinski definition) is 1. The standard InChI is InChI=1S/C16H23NO2/c1-11(2)13-6-5-12(3)14(9-13)17(4)15(19)16(10-18)7-8-16/h5-6,9,11,18H,7-8,10H2,1-4H3. The maximum Gasteiger partial charge on any atom is 0.235 e. The van der Waals surface area contributed by atoms with Crippen molar-refractivity contribution in [2.75, 3.05) is 18.6 Å². The molecule has 2 rings (SSSR count). The molecular formula is C16H23NO2. The van der Waals surface area contributed by atoms with E-state index in [1.165, 1.54) is 5.56 Å². The quantitative estimate of drug-likeness (QED) is 0.905. The topological polar surface area (TPSA) is 40.5 Å². The van der Waals surface area contributed by atoms with E-state index in [4.69, 9.17) is 0 Å². The first-order valence-corrected chi connectivity index (χ1v) is 6.91. The molecule has 1 amide bonds. The van der Waals surface area contributed by atoms with Crippen LogP contribution in [0.25, 0.3) is 0 Å². The van der Waals surface area contributed by atoms with Crippen LogP contribution in [0.5, 0.6) is 0 Å². The summed E-state index contributed by atoms with van der Waals surface area (Å²) in [7, 11) is 1.81. The van der Waals surface area contributed by atoms with Gasteiger partial charge in [0, 0.05) is 12.7 Å². The third-order valence-electron chi connectivity index (χ3n) is 4.18. The zero-order valence-corrected chi connectivity index (χ0v) is 12.2. The monoisotopic (exact) mass is 261 g/mol. The van der Waals surface area contributed by atoms with Gasteiger partial charge in [-0.1, -0.05) is 26.0 Å². The van der Waals surface area contributed by atoms with Gasteiger partial charge in [-0.3, -0.25) is 4.79 Å². The molecule has 0 radical (unpaired) electrons. The molecule has 1 N–H and O–H groups in total. The van der Waals surface area contributed by atoms with Crippen molar-refractivity contribution in [3.05, 3.63) is 29.3 Å². The lowest BCUT2D eigenvalue weighted by Crippen LogP contribution is -2.36. The van der Waals surface area contributed by atoms with Crippen LogP contribution in [0.2, 0.25) is 0 Å². The van der Waals surface area contributed by atoms with Crippen molar-refractivity contribution in [1.29, 1.82) is 0 Å². The number of aryl methyl sites for hydroxylation is 1. The summed E-state index contributed by atoms with van der Waals surface area (Å²) in [5.74, 6) is 0.481. The second-order valence-corrected chi connectivity index (χ2v) is 6.00. The van der Waals surface area contributed by atoms with E-state index < -0.39 is 5.41 Å². The molecule has 0 atom stereocenters. The van der Waals surface area contributed by atoms with Crippen LogP contribution in [0.4, 0.5) is 5.69 Å². The summed E-state index contributed by atoms with van der Waals surface area (Å²) in [6, 6.07) is 6.26. The second-order valence-electron chi connectivity index (χ2n) is 6.00. The van der Waals surface area contributed by atoms with Crippen molar-refractivity contribution in [3.8, 4) is 0 Å². The first kappa shape index (κ1) is 14.1. The summed E-state index contributed by atoms with van der Waals surface area (Å²) in [5.41, 5.74) is 2.77. The molecule has 3 heteroatoms. The summed E-state index contributed by atoms with van der Waals surface area (Å²) in [6.45, 7) is 6.26. The van der Waals surface area contributed by atoms with Crippen LogP contribution in [0.15, 0.2) is 18.2 Å². The van der Waals surface area contributed by atoms with Gasteiger partial charge in [0.2, 0.25) is 5.91 Å². The van der Waals surface area contributed by atoms with Crippen molar-refractivity contribution in [2.45, 2.75) is 39.5 Å². The third-order valence-corrected chi connectivity index (χ3v) is 4.18. The van der Waals surface area contributed by atoms with Crippen LogP contribution in [0.3, 0.4) is 0 Å². The van der Waals surface area contributed by atoms with Gasteiger partial charge in [-0.15, -0.1) is 0 Å². The van der Waals surface area contributed by atoms with Crippen LogP contribution < -0.4 is 4.90 Å². The number of aliphatic hydroxyl groups is 1. The Morgan fingerprint density at radius 2 is 2.05 bits per heavy atom. The van der Waals surface area contributed by atoms with Gasteiger partial charge in [-0.25, -0.2) is 0 Å². The Morgan fingerprint density at radius 1 is 1.42 bits per heavy atom. The van der Waals surface area contributed by atoms with E-state index in [1.54, 1.807) is 4.90 Å². The molecule has 3 nitrogen and oxygen atoms in total. The van der Waals surface area contributed by atoms with Gasteiger partial charge >= 0.3 is 0 Å². The molecule has 1 aromatic rings. The number of amides is 1. The highest BCUT2D eigenvalue weighted by Gasteiger charge is 2.51. The van der Waals surface area contributed by atoms with Crippen molar-refractivity contribution in [3.63, 3.8) is 0 Å². The Kier molecular flexibility index (Phi) is 3.68. The molecule has 0 spiro atoms. The van der Waals surface area contributed by atoms with E-state index in [0.29, 0.717) is 5.92 Å². The van der Waals surface area contributed by atoms with Crippen LogP contribution in [-0.4, -0.2) is 24.7 Å². The van der Waals surface area contributed by atoms with Gasteiger partial charge in [-0.2, -0.15) is 0 Å². The lowest BCUT2D eigenvalue weighted by atomic mass is 9.99. The normalized spacial score (nSPS) is 16.5. The predicted octanol–water partition coefficient (Wildman–Crippen LogP) is 2.85. The number of rotatable bonds is 4. The van der Waals surface area contributed by atoms with Gasteiger partial charge in [0.1, 0.15) is 0 Å². The van der Waals surface area contributed by atoms with Crippen molar-refractivity contribution < 1.29 is 9.90 Å². The van der Waals surface area contributed by atoms with Crippen molar-refractivity contribution in [2.24, 2.45) is 5.41 Å². The first-order chi connectivity index (χ1) is 8.91. The lowest BCUT2D eigenvalue weighted by Gasteiger charge is -2.25. The molecule has 1 saturated carbocycles. The van der Waals surface area contributed by atoms with Crippen LogP contribution in [0, 0.1) is 12.3 Å². The number of nitrogens with zero attached hydrogens (tertiary/aromatic N) is 1. The molecule has 0 heterocycles. The van der Waals surface area contributed by atoms with Crippen molar-refractivity contribution >= 4 is 11.6 Å². The Balaban J connectivity index is 2.30. The zero-order valence-electron chi connectivity index (χ0n) is 12.2. The number of aliphatic hydroxyl groups excluding tert-OH is 1. The maximum absolute atomic E-state index is 12.5. The van der Waals surface area contributed by atoms with Crippen LogP contribution >= 0.6 is 0 Å². The molecular weight excluding hydrogens is 238 g/mol. The molecule has 0 aliphatic heterocycles. The molecule has 1 fully saturated rings. The highest BCUT2D eigenvalue weighted by atomic mass is 16.3. The highest BCUT2D eigenvalue weighted by Crippen LogP contribution is 2.47. The fraction of sp³-hybridized carbons (Fsp3) is 0.562. The summed E-state index contributed by atoms with van der Waals surface area (Å²) in [5, 5.41) is 9.39. The summed E-state index contributed by atoms with van der Waals surface area (Å²) >= 11 is 0. The van der Waals surface area contributed by atoms with E-state index in [-0.39, 0.29) is 12.5 Å². The maximum atomic E-state index is 12.5. The molecule has 1 aromatic carbocycles. The van der Waals surface area contributed by atoms with E-state index in [1.807, 2.05) is 14.0 Å². The van der Waals surface area contributed by atoms with Crippen LogP contribution in [0.1, 0.15) is 43.7 Å². The molecule has 1 aliphatic rings. The lowest BCUT2D eigenvalue weighted by molar-refractivity contribution is -0.124. The molecule has 0 unspecified atom stereocenters. The van der Waals surface area contributed by atoms with E-state index >= 15 is 0 Å². The predicted molar refractivity (Wildman–Crippen MR) is 77.4 cm³/mol. The molecule has 0 aromatic heterocycles. The van der Waals surface area contributed by atoms with E-state index in [2.05, 4.69) is 32.0 Å². The SMILES string of the molecule is Cc1ccc(C(C)C)cc1N(C)C(=O)C1(CO)CC1.